The summed E-state index contributed by atoms with van der Waals surface area (Å²) in [7, 11) is 0. The molecule has 0 radical (unpaired) electrons. The first-order valence-corrected chi connectivity index (χ1v) is 5.54. The summed E-state index contributed by atoms with van der Waals surface area (Å²) in [6.07, 6.45) is 5.23. The molecule has 0 aliphatic carbocycles. The maximum Gasteiger partial charge on any atom is 0.243 e. The van der Waals surface area contributed by atoms with Crippen LogP contribution in [0.1, 0.15) is 25.8 Å². The highest BCUT2D eigenvalue weighted by Gasteiger charge is 2.15. The van der Waals surface area contributed by atoms with Crippen LogP contribution in [0.2, 0.25) is 0 Å². The number of aryl methyl sites for hydroxylation is 1. The van der Waals surface area contributed by atoms with Crippen LogP contribution in [0, 0.1) is 0 Å². The number of nitrogens with zero attached hydrogens (tertiary/aromatic N) is 3. The van der Waals surface area contributed by atoms with Gasteiger partial charge >= 0.3 is 0 Å². The van der Waals surface area contributed by atoms with Gasteiger partial charge in [-0.25, -0.2) is 9.97 Å². The van der Waals surface area contributed by atoms with Gasteiger partial charge in [0.05, 0.1) is 6.54 Å². The van der Waals surface area contributed by atoms with E-state index in [9.17, 15) is 4.79 Å². The van der Waals surface area contributed by atoms with Crippen LogP contribution in [0.15, 0.2) is 12.4 Å². The molecule has 1 amide bonds. The summed E-state index contributed by atoms with van der Waals surface area (Å²) < 4.78 is 0. The molecule has 1 aromatic rings. The van der Waals surface area contributed by atoms with Crippen LogP contribution in [-0.4, -0.2) is 29.0 Å². The summed E-state index contributed by atoms with van der Waals surface area (Å²) in [4.78, 5) is 21.5. The predicted molar refractivity (Wildman–Crippen MR) is 63.1 cm³/mol. The summed E-state index contributed by atoms with van der Waals surface area (Å²) in [5.74, 6) is 0.292. The Morgan fingerprint density at radius 3 is 2.44 bits per heavy atom. The maximum absolute atomic E-state index is 11.6. The minimum Gasteiger partial charge on any atom is -0.322 e. The van der Waals surface area contributed by atoms with Crippen molar-refractivity contribution in [3.8, 4) is 0 Å². The largest absolute Gasteiger partial charge is 0.322 e. The lowest BCUT2D eigenvalue weighted by atomic mass is 10.3. The summed E-state index contributed by atoms with van der Waals surface area (Å²) in [5.41, 5.74) is 6.41. The van der Waals surface area contributed by atoms with Crippen LogP contribution in [-0.2, 0) is 11.2 Å². The second-order valence-corrected chi connectivity index (χ2v) is 3.49. The highest BCUT2D eigenvalue weighted by atomic mass is 16.2. The molecule has 5 heteroatoms. The molecule has 1 rings (SSSR count). The van der Waals surface area contributed by atoms with E-state index in [4.69, 9.17) is 5.73 Å². The first-order valence-electron chi connectivity index (χ1n) is 5.54. The second kappa shape index (κ2) is 6.17. The molecule has 0 bridgehead atoms. The Morgan fingerprint density at radius 1 is 1.38 bits per heavy atom. The first-order chi connectivity index (χ1) is 7.72. The average molecular weight is 222 g/mol. The molecule has 1 aromatic heterocycles. The Balaban J connectivity index is 2.87. The molecule has 1 heterocycles. The van der Waals surface area contributed by atoms with Gasteiger partial charge in [0.25, 0.3) is 0 Å². The molecule has 0 unspecified atom stereocenters. The Bertz CT molecular complexity index is 336. The topological polar surface area (TPSA) is 72.1 Å². The van der Waals surface area contributed by atoms with Crippen molar-refractivity contribution in [2.75, 3.05) is 18.0 Å². The number of carbonyl (C=O) groups is 1. The number of hydrogen-bond donors (Lipinski definition) is 1. The van der Waals surface area contributed by atoms with Gasteiger partial charge in [0, 0.05) is 18.9 Å². The lowest BCUT2D eigenvalue weighted by Gasteiger charge is -2.18. The van der Waals surface area contributed by atoms with Gasteiger partial charge in [-0.2, -0.15) is 0 Å². The molecule has 0 aliphatic rings. The quantitative estimate of drug-likeness (QED) is 0.797. The van der Waals surface area contributed by atoms with Crippen LogP contribution < -0.4 is 10.6 Å². The van der Waals surface area contributed by atoms with E-state index >= 15 is 0 Å². The van der Waals surface area contributed by atoms with Crippen molar-refractivity contribution in [2.24, 2.45) is 5.73 Å². The van der Waals surface area contributed by atoms with Crippen molar-refractivity contribution in [3.05, 3.63) is 18.0 Å². The predicted octanol–water partition coefficient (Wildman–Crippen LogP) is 0.741. The van der Waals surface area contributed by atoms with E-state index < -0.39 is 0 Å². The zero-order chi connectivity index (χ0) is 12.0. The fraction of sp³-hybridized carbons (Fsp3) is 0.545. The minimum absolute atomic E-state index is 0.0150. The van der Waals surface area contributed by atoms with Crippen LogP contribution in [0.5, 0.6) is 0 Å². The van der Waals surface area contributed by atoms with E-state index in [1.54, 1.807) is 12.4 Å². The van der Waals surface area contributed by atoms with Gasteiger partial charge in [-0.05, 0) is 18.4 Å². The molecule has 5 nitrogen and oxygen atoms in total. The lowest BCUT2D eigenvalue weighted by Crippen LogP contribution is -2.37. The SMILES string of the molecule is CCCN(C(=O)CN)c1ncc(CC)cn1. The van der Waals surface area contributed by atoms with Gasteiger partial charge in [0.1, 0.15) is 0 Å². The standard InChI is InChI=1S/C11H18N4O/c1-3-5-15(10(16)6-12)11-13-7-9(4-2)8-14-11/h7-8H,3-6,12H2,1-2H3. The van der Waals surface area contributed by atoms with Crippen molar-refractivity contribution >= 4 is 11.9 Å². The smallest absolute Gasteiger partial charge is 0.243 e. The monoisotopic (exact) mass is 222 g/mol. The molecule has 0 fully saturated rings. The average Bonchev–Trinajstić information content (AvgIpc) is 2.35. The van der Waals surface area contributed by atoms with E-state index in [0.717, 1.165) is 18.4 Å². The number of aromatic nitrogens is 2. The molecule has 2 N–H and O–H groups in total. The fourth-order valence-electron chi connectivity index (χ4n) is 1.34. The lowest BCUT2D eigenvalue weighted by molar-refractivity contribution is -0.117. The normalized spacial score (nSPS) is 10.2. The second-order valence-electron chi connectivity index (χ2n) is 3.49. The third-order valence-electron chi connectivity index (χ3n) is 2.26. The van der Waals surface area contributed by atoms with Gasteiger partial charge in [0.15, 0.2) is 0 Å². The highest BCUT2D eigenvalue weighted by molar-refractivity contribution is 5.92. The molecule has 0 spiro atoms. The van der Waals surface area contributed by atoms with Crippen molar-refractivity contribution in [1.82, 2.24) is 9.97 Å². The van der Waals surface area contributed by atoms with E-state index in [0.29, 0.717) is 12.5 Å². The van der Waals surface area contributed by atoms with Gasteiger partial charge in [-0.15, -0.1) is 0 Å². The summed E-state index contributed by atoms with van der Waals surface area (Å²) in [6, 6.07) is 0. The Kier molecular flexibility index (Phi) is 4.85. The third-order valence-corrected chi connectivity index (χ3v) is 2.26. The van der Waals surface area contributed by atoms with E-state index in [1.165, 1.54) is 4.90 Å². The van der Waals surface area contributed by atoms with Gasteiger partial charge in [-0.1, -0.05) is 13.8 Å². The number of amides is 1. The third kappa shape index (κ3) is 3.00. The van der Waals surface area contributed by atoms with Crippen molar-refractivity contribution in [2.45, 2.75) is 26.7 Å². The molecule has 0 atom stereocenters. The van der Waals surface area contributed by atoms with Crippen LogP contribution in [0.4, 0.5) is 5.95 Å². The first kappa shape index (κ1) is 12.6. The van der Waals surface area contributed by atoms with Crippen LogP contribution in [0.3, 0.4) is 0 Å². The summed E-state index contributed by atoms with van der Waals surface area (Å²) in [6.45, 7) is 4.62. The number of nitrogens with two attached hydrogens (primary N) is 1. The molecular weight excluding hydrogens is 204 g/mol. The van der Waals surface area contributed by atoms with Crippen LogP contribution >= 0.6 is 0 Å². The molecule has 0 aromatic carbocycles. The van der Waals surface area contributed by atoms with E-state index in [1.807, 2.05) is 13.8 Å². The van der Waals surface area contributed by atoms with Gasteiger partial charge < -0.3 is 5.73 Å². The fourth-order valence-corrected chi connectivity index (χ4v) is 1.34. The molecule has 0 aliphatic heterocycles. The molecule has 88 valence electrons. The van der Waals surface area contributed by atoms with Crippen molar-refractivity contribution in [3.63, 3.8) is 0 Å². The molecule has 0 saturated heterocycles. The molecule has 16 heavy (non-hydrogen) atoms. The van der Waals surface area contributed by atoms with Gasteiger partial charge in [-0.3, -0.25) is 9.69 Å². The number of rotatable bonds is 5. The van der Waals surface area contributed by atoms with E-state index in [2.05, 4.69) is 9.97 Å². The minimum atomic E-state index is -0.147. The number of hydrogen-bond acceptors (Lipinski definition) is 4. The summed E-state index contributed by atoms with van der Waals surface area (Å²) in [5, 5.41) is 0. The Morgan fingerprint density at radius 2 is 2.00 bits per heavy atom. The van der Waals surface area contributed by atoms with Crippen LogP contribution in [0.25, 0.3) is 0 Å². The van der Waals surface area contributed by atoms with Gasteiger partial charge in [0.2, 0.25) is 11.9 Å². The molecular formula is C11H18N4O. The zero-order valence-electron chi connectivity index (χ0n) is 9.81. The number of anilines is 1. The molecule has 0 saturated carbocycles. The van der Waals surface area contributed by atoms with Crippen molar-refractivity contribution in [1.29, 1.82) is 0 Å². The number of carbonyl (C=O) groups excluding carboxylic acids is 1. The highest BCUT2D eigenvalue weighted by Crippen LogP contribution is 2.08. The maximum atomic E-state index is 11.6. The summed E-state index contributed by atoms with van der Waals surface area (Å²) >= 11 is 0. The van der Waals surface area contributed by atoms with E-state index in [-0.39, 0.29) is 12.5 Å². The Labute approximate surface area is 95.7 Å². The Hall–Kier alpha value is -1.49. The zero-order valence-corrected chi connectivity index (χ0v) is 9.81. The van der Waals surface area contributed by atoms with Crippen molar-refractivity contribution < 1.29 is 4.79 Å².